The zero-order valence-corrected chi connectivity index (χ0v) is 12.3. The lowest BCUT2D eigenvalue weighted by Gasteiger charge is -2.04. The molecule has 2 heterocycles. The Morgan fingerprint density at radius 3 is 2.89 bits per heavy atom. The highest BCUT2D eigenvalue weighted by atomic mass is 127. The van der Waals surface area contributed by atoms with Gasteiger partial charge in [-0.15, -0.1) is 0 Å². The van der Waals surface area contributed by atoms with Gasteiger partial charge in [0.25, 0.3) is 0 Å². The van der Waals surface area contributed by atoms with E-state index in [9.17, 15) is 4.79 Å². The molecule has 0 fully saturated rings. The SMILES string of the molecule is Cc1cc(NC(=O)CCn2ncc(I)c2C)no1. The van der Waals surface area contributed by atoms with E-state index in [1.165, 1.54) is 0 Å². The summed E-state index contributed by atoms with van der Waals surface area (Å²) >= 11 is 2.22. The molecule has 18 heavy (non-hydrogen) atoms. The number of carbonyl (C=O) groups excluding carboxylic acids is 1. The van der Waals surface area contributed by atoms with Gasteiger partial charge in [0.15, 0.2) is 5.82 Å². The first kappa shape index (κ1) is 13.1. The minimum absolute atomic E-state index is 0.104. The summed E-state index contributed by atoms with van der Waals surface area (Å²) in [4.78, 5) is 11.7. The Kier molecular flexibility index (Phi) is 4.00. The number of nitrogens with one attached hydrogen (secondary N) is 1. The van der Waals surface area contributed by atoms with Gasteiger partial charge in [-0.05, 0) is 36.4 Å². The predicted molar refractivity (Wildman–Crippen MR) is 74.2 cm³/mol. The van der Waals surface area contributed by atoms with E-state index < -0.39 is 0 Å². The van der Waals surface area contributed by atoms with Gasteiger partial charge in [0, 0.05) is 18.2 Å². The molecule has 0 unspecified atom stereocenters. The summed E-state index contributed by atoms with van der Waals surface area (Å²) in [6, 6.07) is 1.68. The van der Waals surface area contributed by atoms with Crippen LogP contribution in [0, 0.1) is 17.4 Å². The van der Waals surface area contributed by atoms with Crippen molar-refractivity contribution >= 4 is 34.3 Å². The van der Waals surface area contributed by atoms with Gasteiger partial charge >= 0.3 is 0 Å². The van der Waals surface area contributed by atoms with Gasteiger partial charge < -0.3 is 9.84 Å². The van der Waals surface area contributed by atoms with Crippen molar-refractivity contribution in [3.05, 3.63) is 27.3 Å². The third-order valence-corrected chi connectivity index (χ3v) is 3.55. The van der Waals surface area contributed by atoms with Crippen molar-refractivity contribution in [3.63, 3.8) is 0 Å². The Labute approximate surface area is 118 Å². The second-order valence-corrected chi connectivity index (χ2v) is 5.08. The molecule has 2 rings (SSSR count). The zero-order chi connectivity index (χ0) is 13.1. The number of aryl methyl sites for hydroxylation is 2. The number of hydrogen-bond acceptors (Lipinski definition) is 4. The number of rotatable bonds is 4. The maximum Gasteiger partial charge on any atom is 0.227 e. The van der Waals surface area contributed by atoms with Crippen LogP contribution < -0.4 is 5.32 Å². The van der Waals surface area contributed by atoms with Crippen LogP contribution in [0.3, 0.4) is 0 Å². The molecule has 0 aromatic carbocycles. The average molecular weight is 360 g/mol. The van der Waals surface area contributed by atoms with Crippen LogP contribution in [0.25, 0.3) is 0 Å². The Morgan fingerprint density at radius 1 is 1.56 bits per heavy atom. The van der Waals surface area contributed by atoms with E-state index in [2.05, 4.69) is 38.2 Å². The summed E-state index contributed by atoms with van der Waals surface area (Å²) < 4.78 is 7.78. The monoisotopic (exact) mass is 360 g/mol. The van der Waals surface area contributed by atoms with E-state index in [1.807, 2.05) is 11.6 Å². The van der Waals surface area contributed by atoms with Crippen LogP contribution in [-0.2, 0) is 11.3 Å². The molecule has 96 valence electrons. The van der Waals surface area contributed by atoms with Crippen LogP contribution in [0.5, 0.6) is 0 Å². The average Bonchev–Trinajstić information content (AvgIpc) is 2.86. The first-order chi connectivity index (χ1) is 8.56. The van der Waals surface area contributed by atoms with E-state index in [-0.39, 0.29) is 5.91 Å². The zero-order valence-electron chi connectivity index (χ0n) is 10.1. The molecular formula is C11H13IN4O2. The Morgan fingerprint density at radius 2 is 2.33 bits per heavy atom. The maximum absolute atomic E-state index is 11.7. The Balaban J connectivity index is 1.87. The van der Waals surface area contributed by atoms with Crippen LogP contribution in [0.15, 0.2) is 16.8 Å². The van der Waals surface area contributed by atoms with Crippen molar-refractivity contribution < 1.29 is 9.32 Å². The molecule has 1 amide bonds. The summed E-state index contributed by atoms with van der Waals surface area (Å²) in [6.45, 7) is 4.31. The summed E-state index contributed by atoms with van der Waals surface area (Å²) in [6.07, 6.45) is 2.14. The second kappa shape index (κ2) is 5.51. The lowest BCUT2D eigenvalue weighted by molar-refractivity contribution is -0.116. The van der Waals surface area contributed by atoms with Gasteiger partial charge in [-0.2, -0.15) is 5.10 Å². The lowest BCUT2D eigenvalue weighted by Crippen LogP contribution is -2.15. The van der Waals surface area contributed by atoms with Crippen LogP contribution in [0.4, 0.5) is 5.82 Å². The molecule has 0 saturated carbocycles. The van der Waals surface area contributed by atoms with Crippen molar-refractivity contribution in [2.24, 2.45) is 0 Å². The fourth-order valence-corrected chi connectivity index (χ4v) is 1.89. The van der Waals surface area contributed by atoms with Gasteiger partial charge in [0.1, 0.15) is 5.76 Å². The maximum atomic E-state index is 11.7. The minimum Gasteiger partial charge on any atom is -0.360 e. The van der Waals surface area contributed by atoms with Gasteiger partial charge in [-0.1, -0.05) is 5.16 Å². The molecule has 0 aliphatic rings. The molecule has 0 aliphatic heterocycles. The molecule has 7 heteroatoms. The number of aromatic nitrogens is 3. The highest BCUT2D eigenvalue weighted by molar-refractivity contribution is 14.1. The highest BCUT2D eigenvalue weighted by Gasteiger charge is 2.08. The molecular weight excluding hydrogens is 347 g/mol. The van der Waals surface area contributed by atoms with Gasteiger partial charge in [-0.3, -0.25) is 9.48 Å². The van der Waals surface area contributed by atoms with Crippen molar-refractivity contribution in [1.29, 1.82) is 0 Å². The summed E-state index contributed by atoms with van der Waals surface area (Å²) in [5, 5.41) is 10.6. The molecule has 0 aliphatic carbocycles. The van der Waals surface area contributed by atoms with Crippen LogP contribution in [-0.4, -0.2) is 20.8 Å². The van der Waals surface area contributed by atoms with E-state index in [0.29, 0.717) is 24.5 Å². The largest absolute Gasteiger partial charge is 0.360 e. The smallest absolute Gasteiger partial charge is 0.227 e. The first-order valence-corrected chi connectivity index (χ1v) is 6.55. The molecule has 6 nitrogen and oxygen atoms in total. The number of carbonyl (C=O) groups is 1. The van der Waals surface area contributed by atoms with Crippen LogP contribution in [0.2, 0.25) is 0 Å². The van der Waals surface area contributed by atoms with E-state index >= 15 is 0 Å². The van der Waals surface area contributed by atoms with Crippen LogP contribution >= 0.6 is 22.6 Å². The fraction of sp³-hybridized carbons (Fsp3) is 0.364. The van der Waals surface area contributed by atoms with Gasteiger partial charge in [0.05, 0.1) is 16.3 Å². The number of anilines is 1. The van der Waals surface area contributed by atoms with Gasteiger partial charge in [-0.25, -0.2) is 0 Å². The normalized spacial score (nSPS) is 10.6. The molecule has 0 spiro atoms. The van der Waals surface area contributed by atoms with E-state index in [0.717, 1.165) is 9.26 Å². The fourth-order valence-electron chi connectivity index (χ4n) is 1.49. The quantitative estimate of drug-likeness (QED) is 0.848. The number of halogens is 1. The van der Waals surface area contributed by atoms with Crippen molar-refractivity contribution in [2.45, 2.75) is 26.8 Å². The molecule has 0 bridgehead atoms. The predicted octanol–water partition coefficient (Wildman–Crippen LogP) is 2.12. The Hall–Kier alpha value is -1.38. The summed E-state index contributed by atoms with van der Waals surface area (Å²) in [7, 11) is 0. The van der Waals surface area contributed by atoms with Crippen molar-refractivity contribution in [3.8, 4) is 0 Å². The number of amides is 1. The molecule has 1 N–H and O–H groups in total. The van der Waals surface area contributed by atoms with Crippen molar-refractivity contribution in [2.75, 3.05) is 5.32 Å². The molecule has 0 radical (unpaired) electrons. The molecule has 0 saturated heterocycles. The van der Waals surface area contributed by atoms with E-state index in [4.69, 9.17) is 4.52 Å². The van der Waals surface area contributed by atoms with Crippen LogP contribution in [0.1, 0.15) is 17.9 Å². The third-order valence-electron chi connectivity index (χ3n) is 2.49. The summed E-state index contributed by atoms with van der Waals surface area (Å²) in [5.74, 6) is 1.01. The molecule has 2 aromatic rings. The molecule has 2 aromatic heterocycles. The first-order valence-electron chi connectivity index (χ1n) is 5.47. The van der Waals surface area contributed by atoms with E-state index in [1.54, 1.807) is 19.2 Å². The summed E-state index contributed by atoms with van der Waals surface area (Å²) in [5.41, 5.74) is 1.07. The molecule has 0 atom stereocenters. The topological polar surface area (TPSA) is 73.0 Å². The second-order valence-electron chi connectivity index (χ2n) is 3.92. The number of nitrogens with zero attached hydrogens (tertiary/aromatic N) is 3. The van der Waals surface area contributed by atoms with Crippen molar-refractivity contribution in [1.82, 2.24) is 14.9 Å². The third kappa shape index (κ3) is 3.09. The van der Waals surface area contributed by atoms with Gasteiger partial charge in [0.2, 0.25) is 5.91 Å². The highest BCUT2D eigenvalue weighted by Crippen LogP contribution is 2.11. The standard InChI is InChI=1S/C11H13IN4O2/c1-7-5-10(15-18-7)14-11(17)3-4-16-8(2)9(12)6-13-16/h5-6H,3-4H2,1-2H3,(H,14,15,17). The number of hydrogen-bond donors (Lipinski definition) is 1. The minimum atomic E-state index is -0.104. The Bertz CT molecular complexity index is 561. The lowest BCUT2D eigenvalue weighted by atomic mass is 10.3.